The van der Waals surface area contributed by atoms with Gasteiger partial charge in [-0.2, -0.15) is 0 Å². The molecule has 0 N–H and O–H groups in total. The van der Waals surface area contributed by atoms with Gasteiger partial charge in [0.15, 0.2) is 6.29 Å². The van der Waals surface area contributed by atoms with Crippen LogP contribution in [-0.4, -0.2) is 11.3 Å². The Bertz CT molecular complexity index is 560. The number of benzene rings is 1. The van der Waals surface area contributed by atoms with E-state index in [0.717, 1.165) is 25.2 Å². The lowest BCUT2D eigenvalue weighted by Crippen LogP contribution is -1.87. The molecule has 0 aliphatic carbocycles. The quantitative estimate of drug-likeness (QED) is 0.739. The van der Waals surface area contributed by atoms with Crippen LogP contribution in [0.5, 0.6) is 0 Å². The largest absolute Gasteiger partial charge is 0.298 e. The fourth-order valence-corrected chi connectivity index (χ4v) is 3.16. The minimum absolute atomic E-state index is 0.663. The van der Waals surface area contributed by atoms with E-state index >= 15 is 0 Å². The molecule has 1 aromatic carbocycles. The number of halogens is 2. The Hall–Kier alpha value is -0.650. The van der Waals surface area contributed by atoms with Gasteiger partial charge in [-0.3, -0.25) is 4.79 Å². The molecule has 0 amide bonds. The molecule has 0 bridgehead atoms. The molecule has 1 aromatic heterocycles. The summed E-state index contributed by atoms with van der Waals surface area (Å²) in [5.74, 6) is 0. The van der Waals surface area contributed by atoms with Crippen molar-refractivity contribution in [2.75, 3.05) is 0 Å². The highest BCUT2D eigenvalue weighted by atomic mass is 79.9. The third kappa shape index (κ3) is 3.18. The Morgan fingerprint density at radius 2 is 2.06 bits per heavy atom. The Morgan fingerprint density at radius 1 is 1.24 bits per heavy atom. The summed E-state index contributed by atoms with van der Waals surface area (Å²) in [4.78, 5) is 16.1. The average Bonchev–Trinajstić information content (AvgIpc) is 2.32. The maximum Gasteiger partial charge on any atom is 0.151 e. The Labute approximate surface area is 120 Å². The minimum atomic E-state index is 0.663. The normalized spacial score (nSPS) is 10.2. The van der Waals surface area contributed by atoms with E-state index in [-0.39, 0.29) is 0 Å². The smallest absolute Gasteiger partial charge is 0.151 e. The van der Waals surface area contributed by atoms with Gasteiger partial charge in [0.2, 0.25) is 0 Å². The van der Waals surface area contributed by atoms with Gasteiger partial charge in [0, 0.05) is 21.1 Å². The van der Waals surface area contributed by atoms with Crippen LogP contribution in [0, 0.1) is 0 Å². The third-order valence-electron chi connectivity index (χ3n) is 2.03. The monoisotopic (exact) mass is 371 g/mol. The molecular formula is C12H7Br2NOS. The number of aromatic nitrogens is 1. The van der Waals surface area contributed by atoms with E-state index in [2.05, 4.69) is 36.8 Å². The lowest BCUT2D eigenvalue weighted by atomic mass is 10.2. The molecule has 0 spiro atoms. The van der Waals surface area contributed by atoms with Crippen molar-refractivity contribution in [3.05, 3.63) is 51.0 Å². The molecular weight excluding hydrogens is 366 g/mol. The Morgan fingerprint density at radius 3 is 2.76 bits per heavy atom. The zero-order valence-corrected chi connectivity index (χ0v) is 12.5. The molecule has 17 heavy (non-hydrogen) atoms. The summed E-state index contributed by atoms with van der Waals surface area (Å²) in [6.07, 6.45) is 2.58. The third-order valence-corrected chi connectivity index (χ3v) is 4.52. The second-order valence-corrected chi connectivity index (χ2v) is 5.99. The van der Waals surface area contributed by atoms with Gasteiger partial charge >= 0.3 is 0 Å². The highest BCUT2D eigenvalue weighted by Gasteiger charge is 2.08. The lowest BCUT2D eigenvalue weighted by molar-refractivity contribution is 0.112. The van der Waals surface area contributed by atoms with Gasteiger partial charge < -0.3 is 0 Å². The van der Waals surface area contributed by atoms with E-state index in [0.29, 0.717) is 5.56 Å². The summed E-state index contributed by atoms with van der Waals surface area (Å²) < 4.78 is 1.86. The fourth-order valence-electron chi connectivity index (χ4n) is 1.24. The molecule has 0 saturated heterocycles. The molecule has 2 rings (SSSR count). The van der Waals surface area contributed by atoms with Crippen LogP contribution in [0.1, 0.15) is 10.4 Å². The highest BCUT2D eigenvalue weighted by Crippen LogP contribution is 2.34. The first-order chi connectivity index (χ1) is 8.20. The number of nitrogens with zero attached hydrogens (tertiary/aromatic N) is 1. The molecule has 2 aromatic rings. The summed E-state index contributed by atoms with van der Waals surface area (Å²) >= 11 is 8.29. The number of carbonyl (C=O) groups excluding carboxylic acids is 1. The highest BCUT2D eigenvalue weighted by molar-refractivity contribution is 9.10. The van der Waals surface area contributed by atoms with Crippen LogP contribution in [0.4, 0.5) is 0 Å². The topological polar surface area (TPSA) is 30.0 Å². The van der Waals surface area contributed by atoms with Crippen LogP contribution in [0.15, 0.2) is 55.4 Å². The SMILES string of the molecule is O=Cc1ccc(Br)cc1Sc1ncccc1Br. The Kier molecular flexibility index (Phi) is 4.36. The van der Waals surface area contributed by atoms with Gasteiger partial charge in [-0.1, -0.05) is 27.7 Å². The van der Waals surface area contributed by atoms with Crippen LogP contribution in [0.3, 0.4) is 0 Å². The number of pyridine rings is 1. The first kappa shape index (κ1) is 12.8. The molecule has 0 radical (unpaired) electrons. The van der Waals surface area contributed by atoms with Gasteiger partial charge in [0.05, 0.1) is 4.47 Å². The molecule has 0 saturated carbocycles. The van der Waals surface area contributed by atoms with Gasteiger partial charge in [-0.05, 0) is 46.3 Å². The molecule has 0 unspecified atom stereocenters. The van der Waals surface area contributed by atoms with Crippen LogP contribution in [0.2, 0.25) is 0 Å². The summed E-state index contributed by atoms with van der Waals surface area (Å²) in [5, 5.41) is 0.841. The molecule has 1 heterocycles. The summed E-state index contributed by atoms with van der Waals surface area (Å²) in [5.41, 5.74) is 0.663. The van der Waals surface area contributed by atoms with Crippen molar-refractivity contribution in [1.29, 1.82) is 0 Å². The zero-order valence-electron chi connectivity index (χ0n) is 8.56. The van der Waals surface area contributed by atoms with E-state index in [1.54, 1.807) is 12.3 Å². The molecule has 0 aliphatic rings. The molecule has 5 heteroatoms. The predicted octanol–water partition coefficient (Wildman–Crippen LogP) is 4.57. The van der Waals surface area contributed by atoms with Crippen LogP contribution < -0.4 is 0 Å². The van der Waals surface area contributed by atoms with Crippen molar-refractivity contribution in [3.63, 3.8) is 0 Å². The number of carbonyl (C=O) groups is 1. The number of hydrogen-bond donors (Lipinski definition) is 0. The molecule has 2 nitrogen and oxygen atoms in total. The van der Waals surface area contributed by atoms with Crippen molar-refractivity contribution >= 4 is 49.9 Å². The van der Waals surface area contributed by atoms with E-state index in [1.807, 2.05) is 24.3 Å². The molecule has 0 aliphatic heterocycles. The van der Waals surface area contributed by atoms with Gasteiger partial charge in [-0.25, -0.2) is 4.98 Å². The maximum atomic E-state index is 11.0. The predicted molar refractivity (Wildman–Crippen MR) is 75.6 cm³/mol. The van der Waals surface area contributed by atoms with Crippen molar-refractivity contribution in [2.24, 2.45) is 0 Å². The second kappa shape index (κ2) is 5.80. The van der Waals surface area contributed by atoms with Crippen LogP contribution >= 0.6 is 43.6 Å². The summed E-state index contributed by atoms with van der Waals surface area (Å²) in [6, 6.07) is 9.33. The van der Waals surface area contributed by atoms with E-state index in [1.165, 1.54) is 11.8 Å². The first-order valence-corrected chi connectivity index (χ1v) is 7.14. The first-order valence-electron chi connectivity index (χ1n) is 4.74. The number of rotatable bonds is 3. The maximum absolute atomic E-state index is 11.0. The zero-order chi connectivity index (χ0) is 12.3. The van der Waals surface area contributed by atoms with Gasteiger partial charge in [0.25, 0.3) is 0 Å². The number of hydrogen-bond acceptors (Lipinski definition) is 3. The van der Waals surface area contributed by atoms with E-state index in [4.69, 9.17) is 0 Å². The van der Waals surface area contributed by atoms with E-state index < -0.39 is 0 Å². The van der Waals surface area contributed by atoms with Crippen LogP contribution in [0.25, 0.3) is 0 Å². The van der Waals surface area contributed by atoms with Crippen molar-refractivity contribution in [1.82, 2.24) is 4.98 Å². The van der Waals surface area contributed by atoms with Crippen molar-refractivity contribution in [2.45, 2.75) is 9.92 Å². The Balaban J connectivity index is 2.39. The fraction of sp³-hybridized carbons (Fsp3) is 0. The number of aldehydes is 1. The van der Waals surface area contributed by atoms with Crippen molar-refractivity contribution in [3.8, 4) is 0 Å². The lowest BCUT2D eigenvalue weighted by Gasteiger charge is -2.05. The second-order valence-electron chi connectivity index (χ2n) is 3.19. The van der Waals surface area contributed by atoms with Gasteiger partial charge in [0.1, 0.15) is 5.03 Å². The van der Waals surface area contributed by atoms with E-state index in [9.17, 15) is 4.79 Å². The van der Waals surface area contributed by atoms with Crippen LogP contribution in [-0.2, 0) is 0 Å². The summed E-state index contributed by atoms with van der Waals surface area (Å²) in [6.45, 7) is 0. The molecule has 0 atom stereocenters. The standard InChI is InChI=1S/C12H7Br2NOS/c13-9-4-3-8(7-16)11(6-9)17-12-10(14)2-1-5-15-12/h1-7H. The molecule has 86 valence electrons. The molecule has 0 fully saturated rings. The van der Waals surface area contributed by atoms with Gasteiger partial charge in [-0.15, -0.1) is 0 Å². The average molecular weight is 373 g/mol. The summed E-state index contributed by atoms with van der Waals surface area (Å²) in [7, 11) is 0. The minimum Gasteiger partial charge on any atom is -0.298 e. The van der Waals surface area contributed by atoms with Crippen molar-refractivity contribution < 1.29 is 4.79 Å².